The van der Waals surface area contributed by atoms with Gasteiger partial charge in [0, 0.05) is 18.4 Å². The van der Waals surface area contributed by atoms with Crippen molar-refractivity contribution >= 4 is 15.2 Å². The van der Waals surface area contributed by atoms with Gasteiger partial charge in [-0.3, -0.25) is 9.13 Å². The van der Waals surface area contributed by atoms with Gasteiger partial charge in [0.05, 0.1) is 0 Å². The molecule has 0 unspecified atom stereocenters. The van der Waals surface area contributed by atoms with Crippen molar-refractivity contribution in [3.63, 3.8) is 0 Å². The fourth-order valence-corrected chi connectivity index (χ4v) is 2.89. The van der Waals surface area contributed by atoms with Crippen molar-refractivity contribution in [2.45, 2.75) is 37.6 Å². The topological polar surface area (TPSA) is 139 Å². The summed E-state index contributed by atoms with van der Waals surface area (Å²) in [5, 5.41) is 5.38. The molecule has 0 rings (SSSR count). The first-order chi connectivity index (χ1) is 9.98. The van der Waals surface area contributed by atoms with Crippen LogP contribution in [-0.2, 0) is 9.13 Å². The highest BCUT2D eigenvalue weighted by Gasteiger charge is 2.58. The number of nitrogens with zero attached hydrogens (tertiary/aromatic N) is 1. The predicted octanol–water partition coefficient (Wildman–Crippen LogP) is 0.500. The summed E-state index contributed by atoms with van der Waals surface area (Å²) in [6.07, 6.45) is -2.10. The first-order valence-electron chi connectivity index (χ1n) is 7.53. The molecule has 8 nitrogen and oxygen atoms in total. The van der Waals surface area contributed by atoms with Gasteiger partial charge in [0.1, 0.15) is 0 Å². The highest BCUT2D eigenvalue weighted by atomic mass is 31.2. The standard InChI is InChI=1S/C9H23NO7P2/c1-3-4-5-7-10(2)8-6-9(11,18(12,13)14)19(15,16)17/h11H,3-8H2,1-2H3,(H2,12,13,14)(H2,15,16,17)/i6D2,8D2. The Morgan fingerprint density at radius 2 is 1.63 bits per heavy atom. The van der Waals surface area contributed by atoms with Crippen LogP contribution in [0.5, 0.6) is 0 Å². The Hall–Kier alpha value is 0.220. The van der Waals surface area contributed by atoms with Gasteiger partial charge in [0.15, 0.2) is 0 Å². The van der Waals surface area contributed by atoms with E-state index in [2.05, 4.69) is 0 Å². The lowest BCUT2D eigenvalue weighted by molar-refractivity contribution is 0.112. The molecule has 0 aromatic rings. The van der Waals surface area contributed by atoms with Crippen LogP contribution in [-0.4, -0.2) is 54.8 Å². The molecule has 0 amide bonds. The number of rotatable bonds is 9. The van der Waals surface area contributed by atoms with Gasteiger partial charge < -0.3 is 29.6 Å². The molecule has 0 atom stereocenters. The van der Waals surface area contributed by atoms with Gasteiger partial charge in [0.2, 0.25) is 0 Å². The molecule has 5 N–H and O–H groups in total. The second-order valence-corrected chi connectivity index (χ2v) is 7.91. The van der Waals surface area contributed by atoms with Crippen LogP contribution in [0.1, 0.15) is 38.0 Å². The van der Waals surface area contributed by atoms with Gasteiger partial charge >= 0.3 is 15.2 Å². The maximum atomic E-state index is 11.4. The highest BCUT2D eigenvalue weighted by molar-refractivity contribution is 7.72. The molecule has 0 aromatic heterocycles. The van der Waals surface area contributed by atoms with Crippen molar-refractivity contribution in [2.24, 2.45) is 0 Å². The molecule has 0 saturated carbocycles. The molecule has 10 heteroatoms. The fraction of sp³-hybridized carbons (Fsp3) is 1.00. The van der Waals surface area contributed by atoms with Crippen molar-refractivity contribution < 1.29 is 39.3 Å². The molecule has 0 aliphatic carbocycles. The number of hydrogen-bond donors (Lipinski definition) is 5. The lowest BCUT2D eigenvalue weighted by atomic mass is 10.2. The summed E-state index contributed by atoms with van der Waals surface area (Å²) in [6.45, 7) is -1.44. The van der Waals surface area contributed by atoms with Crippen LogP contribution in [0, 0.1) is 0 Å². The Morgan fingerprint density at radius 3 is 2.00 bits per heavy atom. The van der Waals surface area contributed by atoms with Crippen LogP contribution < -0.4 is 0 Å². The first-order valence-corrected chi connectivity index (χ1v) is 8.75. The number of aliphatic hydroxyl groups is 1. The minimum absolute atomic E-state index is 0.0429. The van der Waals surface area contributed by atoms with Gasteiger partial charge in [-0.25, -0.2) is 0 Å². The molecule has 0 aliphatic rings. The summed E-state index contributed by atoms with van der Waals surface area (Å²) in [6, 6.07) is 0. The number of unbranched alkanes of at least 4 members (excludes halogenated alkanes) is 2. The Balaban J connectivity index is 5.98. The van der Waals surface area contributed by atoms with Crippen molar-refractivity contribution in [1.82, 2.24) is 4.90 Å². The zero-order valence-electron chi connectivity index (χ0n) is 14.7. The minimum Gasteiger partial charge on any atom is -0.367 e. The molecule has 0 bridgehead atoms. The van der Waals surface area contributed by atoms with Crippen molar-refractivity contribution in [3.05, 3.63) is 0 Å². The SMILES string of the molecule is [2H]C([2H])(N(C)CCCCC)C([2H])([2H])C(O)(P(=O)(O)O)P(=O)(O)O. The van der Waals surface area contributed by atoms with Crippen LogP contribution in [0.3, 0.4) is 0 Å². The zero-order chi connectivity index (χ0) is 18.9. The first kappa shape index (κ1) is 12.9. The normalized spacial score (nSPS) is 18.7. The molecule has 0 spiro atoms. The fourth-order valence-electron chi connectivity index (χ4n) is 1.14. The minimum atomic E-state index is -6.15. The second-order valence-electron chi connectivity index (χ2n) is 4.09. The Bertz CT molecular complexity index is 484. The van der Waals surface area contributed by atoms with E-state index in [0.717, 1.165) is 18.4 Å². The summed E-state index contributed by atoms with van der Waals surface area (Å²) in [4.78, 5) is 37.2. The molecule has 0 radical (unpaired) electrons. The van der Waals surface area contributed by atoms with Gasteiger partial charge in [-0.15, -0.1) is 0 Å². The van der Waals surface area contributed by atoms with Crippen LogP contribution in [0.25, 0.3) is 0 Å². The third kappa shape index (κ3) is 5.61. The maximum absolute atomic E-state index is 11.4. The Labute approximate surface area is 118 Å². The van der Waals surface area contributed by atoms with E-state index in [1.54, 1.807) is 0 Å². The van der Waals surface area contributed by atoms with Crippen LogP contribution >= 0.6 is 15.2 Å². The van der Waals surface area contributed by atoms with E-state index in [4.69, 9.17) is 25.1 Å². The maximum Gasteiger partial charge on any atom is 0.369 e. The summed E-state index contributed by atoms with van der Waals surface area (Å²) in [5.41, 5.74) is 0. The van der Waals surface area contributed by atoms with E-state index in [1.807, 2.05) is 6.92 Å². The summed E-state index contributed by atoms with van der Waals surface area (Å²) < 4.78 is 53.6. The monoisotopic (exact) mass is 323 g/mol. The smallest absolute Gasteiger partial charge is 0.367 e. The summed E-state index contributed by atoms with van der Waals surface area (Å²) >= 11 is 0. The lowest BCUT2D eigenvalue weighted by Crippen LogP contribution is -2.34. The van der Waals surface area contributed by atoms with E-state index in [-0.39, 0.29) is 6.54 Å². The lowest BCUT2D eigenvalue weighted by Gasteiger charge is -2.30. The summed E-state index contributed by atoms with van der Waals surface area (Å²) in [5.74, 6) is 0. The van der Waals surface area contributed by atoms with Crippen LogP contribution in [0.15, 0.2) is 0 Å². The molecule has 0 saturated heterocycles. The number of hydrogen-bond acceptors (Lipinski definition) is 4. The van der Waals surface area contributed by atoms with Gasteiger partial charge in [-0.1, -0.05) is 19.8 Å². The average Bonchev–Trinajstić information content (AvgIpc) is 2.34. The third-order valence-electron chi connectivity index (χ3n) is 2.32. The van der Waals surface area contributed by atoms with Gasteiger partial charge in [-0.2, -0.15) is 0 Å². The van der Waals surface area contributed by atoms with E-state index in [9.17, 15) is 14.2 Å². The van der Waals surface area contributed by atoms with Crippen LogP contribution in [0.2, 0.25) is 0 Å². The van der Waals surface area contributed by atoms with Crippen molar-refractivity contribution in [2.75, 3.05) is 20.1 Å². The quantitative estimate of drug-likeness (QED) is 0.305. The zero-order valence-corrected chi connectivity index (χ0v) is 12.5. The Morgan fingerprint density at radius 1 is 1.16 bits per heavy atom. The van der Waals surface area contributed by atoms with Crippen LogP contribution in [0.4, 0.5) is 0 Å². The molecule has 0 heterocycles. The Kier molecular flexibility index (Phi) is 4.96. The molecular weight excluding hydrogens is 296 g/mol. The molecule has 19 heavy (non-hydrogen) atoms. The van der Waals surface area contributed by atoms with E-state index in [1.165, 1.54) is 0 Å². The third-order valence-corrected chi connectivity index (χ3v) is 5.74. The van der Waals surface area contributed by atoms with E-state index >= 15 is 0 Å². The van der Waals surface area contributed by atoms with Gasteiger partial charge in [0.25, 0.3) is 5.08 Å². The second kappa shape index (κ2) is 7.29. The molecule has 0 fully saturated rings. The van der Waals surface area contributed by atoms with Crippen molar-refractivity contribution in [1.29, 1.82) is 0 Å². The average molecular weight is 323 g/mol. The predicted molar refractivity (Wildman–Crippen MR) is 70.7 cm³/mol. The highest BCUT2D eigenvalue weighted by Crippen LogP contribution is 2.68. The summed E-state index contributed by atoms with van der Waals surface area (Å²) in [7, 11) is -11.2. The van der Waals surface area contributed by atoms with Crippen molar-refractivity contribution in [3.8, 4) is 0 Å². The largest absolute Gasteiger partial charge is 0.369 e. The van der Waals surface area contributed by atoms with E-state index in [0.29, 0.717) is 12.8 Å². The van der Waals surface area contributed by atoms with E-state index < -0.39 is 33.1 Å². The van der Waals surface area contributed by atoms with Gasteiger partial charge in [-0.05, 0) is 20.0 Å². The molecule has 0 aliphatic heterocycles. The molecule has 116 valence electrons. The molecular formula is C9H23NO7P2. The molecule has 0 aromatic carbocycles.